The molecule has 7 heteroatoms. The summed E-state index contributed by atoms with van der Waals surface area (Å²) in [6.07, 6.45) is 4.55. The highest BCUT2D eigenvalue weighted by Gasteiger charge is 2.45. The minimum Gasteiger partial charge on any atom is -0.327 e. The maximum absolute atomic E-state index is 12.4. The summed E-state index contributed by atoms with van der Waals surface area (Å²) < 4.78 is 1.49. The Morgan fingerprint density at radius 3 is 2.58 bits per heavy atom. The predicted octanol–water partition coefficient (Wildman–Crippen LogP) is 2.43. The molecule has 1 fully saturated rings. The van der Waals surface area contributed by atoms with Gasteiger partial charge in [-0.15, -0.1) is 0 Å². The summed E-state index contributed by atoms with van der Waals surface area (Å²) in [7, 11) is 0. The fourth-order valence-electron chi connectivity index (χ4n) is 3.08. The van der Waals surface area contributed by atoms with Crippen LogP contribution in [0.2, 0.25) is 5.02 Å². The molecule has 1 aromatic rings. The van der Waals surface area contributed by atoms with Gasteiger partial charge in [0.05, 0.1) is 5.02 Å². The van der Waals surface area contributed by atoms with Crippen LogP contribution in [0.15, 0.2) is 10.9 Å². The van der Waals surface area contributed by atoms with Crippen LogP contribution in [0.5, 0.6) is 0 Å². The van der Waals surface area contributed by atoms with Crippen molar-refractivity contribution < 1.29 is 4.79 Å². The molecular formula is C12H13Cl2N3O2. The fraction of sp³-hybridized carbons (Fsp3) is 0.500. The number of hydrogen-bond acceptors (Lipinski definition) is 3. The third-order valence-electron chi connectivity index (χ3n) is 3.93. The van der Waals surface area contributed by atoms with Crippen LogP contribution < -0.4 is 15.7 Å². The molecule has 19 heavy (non-hydrogen) atoms. The van der Waals surface area contributed by atoms with Gasteiger partial charge in [-0.1, -0.05) is 18.0 Å². The first-order valence-corrected chi connectivity index (χ1v) is 7.00. The van der Waals surface area contributed by atoms with E-state index in [-0.39, 0.29) is 27.9 Å². The second-order valence-electron chi connectivity index (χ2n) is 5.04. The standard InChI is InChI=1S/C12H13Cl2N3O2/c13-7-6-8(16-14)11(19)17-9(7)10(18)15-12(17)4-2-1-3-5-12/h6,16H,1-5H2,(H,15,18). The average Bonchev–Trinajstić information content (AvgIpc) is 2.68. The summed E-state index contributed by atoms with van der Waals surface area (Å²) >= 11 is 11.6. The number of carbonyl (C=O) groups is 1. The first-order valence-electron chi connectivity index (χ1n) is 6.24. The second-order valence-corrected chi connectivity index (χ2v) is 5.63. The molecule has 0 saturated heterocycles. The molecule has 0 radical (unpaired) electrons. The van der Waals surface area contributed by atoms with Crippen LogP contribution in [0.4, 0.5) is 5.69 Å². The highest BCUT2D eigenvalue weighted by atomic mass is 35.5. The molecule has 102 valence electrons. The van der Waals surface area contributed by atoms with E-state index in [1.165, 1.54) is 10.6 Å². The molecule has 2 N–H and O–H groups in total. The molecule has 1 aromatic heterocycles. The minimum absolute atomic E-state index is 0.192. The number of halogens is 2. The van der Waals surface area contributed by atoms with E-state index in [9.17, 15) is 9.59 Å². The van der Waals surface area contributed by atoms with E-state index in [0.717, 1.165) is 32.1 Å². The SMILES string of the molecule is O=C1NC2(CCCCC2)n2c1c(Cl)cc(NCl)c2=O. The fourth-order valence-corrected chi connectivity index (χ4v) is 3.50. The summed E-state index contributed by atoms with van der Waals surface area (Å²) in [4.78, 5) is 26.8. The van der Waals surface area contributed by atoms with Crippen LogP contribution >= 0.6 is 23.4 Å². The molecule has 1 spiro atoms. The van der Waals surface area contributed by atoms with Crippen LogP contribution in [-0.4, -0.2) is 10.5 Å². The van der Waals surface area contributed by atoms with Crippen LogP contribution in [0, 0.1) is 0 Å². The lowest BCUT2D eigenvalue weighted by Crippen LogP contribution is -2.48. The van der Waals surface area contributed by atoms with Crippen LogP contribution in [0.25, 0.3) is 0 Å². The van der Waals surface area contributed by atoms with Gasteiger partial charge in [0, 0.05) is 11.8 Å². The van der Waals surface area contributed by atoms with E-state index in [4.69, 9.17) is 23.4 Å². The Morgan fingerprint density at radius 2 is 1.95 bits per heavy atom. The number of fused-ring (bicyclic) bond motifs is 2. The summed E-state index contributed by atoms with van der Waals surface area (Å²) in [5.74, 6) is -0.287. The van der Waals surface area contributed by atoms with Gasteiger partial charge in [0.15, 0.2) is 0 Å². The van der Waals surface area contributed by atoms with Crippen LogP contribution in [-0.2, 0) is 5.66 Å². The molecule has 0 atom stereocenters. The Morgan fingerprint density at radius 1 is 1.26 bits per heavy atom. The molecule has 0 aromatic carbocycles. The summed E-state index contributed by atoms with van der Waals surface area (Å²) in [6, 6.07) is 1.39. The third kappa shape index (κ3) is 1.75. The molecule has 1 saturated carbocycles. The normalized spacial score (nSPS) is 20.2. The first-order chi connectivity index (χ1) is 9.09. The summed E-state index contributed by atoms with van der Waals surface area (Å²) in [6.45, 7) is 0. The van der Waals surface area contributed by atoms with E-state index < -0.39 is 5.66 Å². The van der Waals surface area contributed by atoms with Crippen molar-refractivity contribution in [2.75, 3.05) is 4.84 Å². The number of nitrogens with one attached hydrogen (secondary N) is 2. The Balaban J connectivity index is 2.27. The van der Waals surface area contributed by atoms with Crippen LogP contribution in [0.1, 0.15) is 42.6 Å². The highest BCUT2D eigenvalue weighted by Crippen LogP contribution is 2.38. The van der Waals surface area contributed by atoms with Crippen LogP contribution in [0.3, 0.4) is 0 Å². The molecule has 2 aliphatic rings. The number of aromatic nitrogens is 1. The van der Waals surface area contributed by atoms with Crippen molar-refractivity contribution in [1.82, 2.24) is 9.88 Å². The predicted molar refractivity (Wildman–Crippen MR) is 73.7 cm³/mol. The second kappa shape index (κ2) is 4.42. The van der Waals surface area contributed by atoms with Gasteiger partial charge < -0.3 is 5.32 Å². The molecule has 2 heterocycles. The molecule has 1 amide bonds. The number of anilines is 1. The topological polar surface area (TPSA) is 63.1 Å². The maximum Gasteiger partial charge on any atom is 0.277 e. The van der Waals surface area contributed by atoms with E-state index >= 15 is 0 Å². The van der Waals surface area contributed by atoms with E-state index in [1.54, 1.807) is 0 Å². The number of rotatable bonds is 1. The number of carbonyl (C=O) groups excluding carboxylic acids is 1. The maximum atomic E-state index is 12.4. The van der Waals surface area contributed by atoms with Gasteiger partial charge >= 0.3 is 0 Å². The van der Waals surface area contributed by atoms with Crippen molar-refractivity contribution in [2.24, 2.45) is 0 Å². The molecule has 3 rings (SSSR count). The van der Waals surface area contributed by atoms with Gasteiger partial charge in [0.1, 0.15) is 17.0 Å². The number of amides is 1. The monoisotopic (exact) mass is 301 g/mol. The van der Waals surface area contributed by atoms with Gasteiger partial charge in [-0.2, -0.15) is 0 Å². The van der Waals surface area contributed by atoms with Crippen molar-refractivity contribution in [3.8, 4) is 0 Å². The van der Waals surface area contributed by atoms with E-state index in [2.05, 4.69) is 10.2 Å². The van der Waals surface area contributed by atoms with Crippen molar-refractivity contribution in [3.05, 3.63) is 27.1 Å². The summed E-state index contributed by atoms with van der Waals surface area (Å²) in [5.41, 5.74) is -0.509. The zero-order valence-corrected chi connectivity index (χ0v) is 11.6. The molecular weight excluding hydrogens is 289 g/mol. The lowest BCUT2D eigenvalue weighted by Gasteiger charge is -2.35. The quantitative estimate of drug-likeness (QED) is 0.783. The summed E-state index contributed by atoms with van der Waals surface area (Å²) in [5, 5.41) is 3.17. The average molecular weight is 302 g/mol. The Labute approximate surface area is 120 Å². The molecule has 0 bridgehead atoms. The lowest BCUT2D eigenvalue weighted by atomic mass is 9.89. The van der Waals surface area contributed by atoms with Gasteiger partial charge in [-0.3, -0.25) is 19.0 Å². The lowest BCUT2D eigenvalue weighted by molar-refractivity contribution is 0.0877. The van der Waals surface area contributed by atoms with Gasteiger partial charge in [0.2, 0.25) is 0 Å². The van der Waals surface area contributed by atoms with Crippen molar-refractivity contribution >= 4 is 35.0 Å². The zero-order chi connectivity index (χ0) is 13.6. The first kappa shape index (κ1) is 12.8. The molecule has 1 aliphatic carbocycles. The molecule has 5 nitrogen and oxygen atoms in total. The van der Waals surface area contributed by atoms with E-state index in [0.29, 0.717) is 0 Å². The Hall–Kier alpha value is -1.20. The van der Waals surface area contributed by atoms with Gasteiger partial charge in [-0.05, 0) is 31.7 Å². The van der Waals surface area contributed by atoms with Crippen molar-refractivity contribution in [1.29, 1.82) is 0 Å². The molecule has 1 aliphatic heterocycles. The Kier molecular flexibility index (Phi) is 2.98. The van der Waals surface area contributed by atoms with E-state index in [1.807, 2.05) is 0 Å². The third-order valence-corrected chi connectivity index (χ3v) is 4.42. The molecule has 0 unspecified atom stereocenters. The van der Waals surface area contributed by atoms with Gasteiger partial charge in [-0.25, -0.2) is 0 Å². The largest absolute Gasteiger partial charge is 0.327 e. The smallest absolute Gasteiger partial charge is 0.277 e. The van der Waals surface area contributed by atoms with Crippen molar-refractivity contribution in [2.45, 2.75) is 37.8 Å². The number of nitrogens with zero attached hydrogens (tertiary/aromatic N) is 1. The minimum atomic E-state index is -0.630. The zero-order valence-electron chi connectivity index (χ0n) is 10.1. The van der Waals surface area contributed by atoms with Crippen molar-refractivity contribution in [3.63, 3.8) is 0 Å². The highest BCUT2D eigenvalue weighted by molar-refractivity contribution is 6.34. The number of hydrogen-bond donors (Lipinski definition) is 2. The van der Waals surface area contributed by atoms with Gasteiger partial charge in [0.25, 0.3) is 11.5 Å². The Bertz CT molecular complexity index is 606. The number of pyridine rings is 1.